The van der Waals surface area contributed by atoms with Gasteiger partial charge in [-0.2, -0.15) is 0 Å². The number of aromatic nitrogens is 1. The van der Waals surface area contributed by atoms with Crippen molar-refractivity contribution in [3.8, 4) is 0 Å². The molecular weight excluding hydrogens is 295 g/mol. The molecule has 0 unspecified atom stereocenters. The molecule has 1 amide bonds. The van der Waals surface area contributed by atoms with Gasteiger partial charge in [-0.15, -0.1) is 0 Å². The molecule has 3 rings (SSSR count). The Kier molecular flexibility index (Phi) is 4.39. The molecule has 0 atom stereocenters. The minimum atomic E-state index is -0.729. The van der Waals surface area contributed by atoms with Gasteiger partial charge in [0.25, 0.3) is 5.91 Å². The molecule has 0 bridgehead atoms. The lowest BCUT2D eigenvalue weighted by molar-refractivity contribution is -0.136. The fraction of sp³-hybridized carbons (Fsp3) is 0.333. The molecule has 1 saturated carbocycles. The number of hydroxylamine groups is 1. The maximum Gasteiger partial charge on any atom is 0.253 e. The second-order valence-electron chi connectivity index (χ2n) is 6.10. The largest absolute Gasteiger partial charge is 0.289 e. The molecule has 23 heavy (non-hydrogen) atoms. The molecule has 1 heterocycles. The van der Waals surface area contributed by atoms with Gasteiger partial charge in [-0.05, 0) is 48.8 Å². The number of pyridine rings is 1. The summed E-state index contributed by atoms with van der Waals surface area (Å²) in [6, 6.07) is 11.0. The summed E-state index contributed by atoms with van der Waals surface area (Å²) in [5.74, 6) is -0.531. The molecule has 1 aromatic heterocycles. The molecule has 1 aromatic carbocycles. The summed E-state index contributed by atoms with van der Waals surface area (Å²) in [4.78, 5) is 16.3. The van der Waals surface area contributed by atoms with E-state index in [4.69, 9.17) is 0 Å². The fourth-order valence-electron chi connectivity index (χ4n) is 3.61. The second-order valence-corrected chi connectivity index (χ2v) is 6.10. The topological polar surface area (TPSA) is 62.2 Å². The average molecular weight is 314 g/mol. The lowest BCUT2D eigenvalue weighted by Crippen LogP contribution is -2.45. The van der Waals surface area contributed by atoms with E-state index in [2.05, 4.69) is 4.98 Å². The van der Waals surface area contributed by atoms with E-state index in [0.717, 1.165) is 24.0 Å². The molecule has 1 aliphatic rings. The summed E-state index contributed by atoms with van der Waals surface area (Å²) < 4.78 is 13.4. The molecule has 0 radical (unpaired) electrons. The van der Waals surface area contributed by atoms with Gasteiger partial charge in [0, 0.05) is 6.20 Å². The number of hydrogen-bond acceptors (Lipinski definition) is 3. The third kappa shape index (κ3) is 2.97. The van der Waals surface area contributed by atoms with Gasteiger partial charge in [0.05, 0.1) is 11.6 Å². The van der Waals surface area contributed by atoms with Crippen LogP contribution in [0.2, 0.25) is 0 Å². The molecule has 2 aromatic rings. The van der Waals surface area contributed by atoms with Crippen LogP contribution in [-0.2, 0) is 10.2 Å². The van der Waals surface area contributed by atoms with Gasteiger partial charge in [0.15, 0.2) is 0 Å². The van der Waals surface area contributed by atoms with E-state index in [9.17, 15) is 14.4 Å². The molecule has 0 spiro atoms. The average Bonchev–Trinajstić information content (AvgIpc) is 2.62. The molecule has 4 nitrogen and oxygen atoms in total. The number of halogens is 1. The zero-order valence-corrected chi connectivity index (χ0v) is 12.7. The summed E-state index contributed by atoms with van der Waals surface area (Å²) >= 11 is 0. The van der Waals surface area contributed by atoms with Crippen LogP contribution >= 0.6 is 0 Å². The number of rotatable bonds is 3. The number of nitrogens with one attached hydrogen (secondary N) is 1. The smallest absolute Gasteiger partial charge is 0.253 e. The highest BCUT2D eigenvalue weighted by atomic mass is 19.1. The maximum absolute atomic E-state index is 13.4. The number of hydrogen-bond donors (Lipinski definition) is 2. The highest BCUT2D eigenvalue weighted by molar-refractivity contribution is 5.87. The van der Waals surface area contributed by atoms with Crippen molar-refractivity contribution in [2.75, 3.05) is 0 Å². The first kappa shape index (κ1) is 15.6. The Labute approximate surface area is 134 Å². The first-order valence-electron chi connectivity index (χ1n) is 7.76. The summed E-state index contributed by atoms with van der Waals surface area (Å²) in [7, 11) is 0. The summed E-state index contributed by atoms with van der Waals surface area (Å²) in [5, 5.41) is 9.17. The predicted octanol–water partition coefficient (Wildman–Crippen LogP) is 3.32. The predicted molar refractivity (Wildman–Crippen MR) is 83.5 cm³/mol. The van der Waals surface area contributed by atoms with Crippen molar-refractivity contribution in [1.82, 2.24) is 10.5 Å². The molecule has 2 N–H and O–H groups in total. The minimum Gasteiger partial charge on any atom is -0.289 e. The molecule has 120 valence electrons. The van der Waals surface area contributed by atoms with E-state index in [0.29, 0.717) is 12.8 Å². The van der Waals surface area contributed by atoms with Gasteiger partial charge in [-0.1, -0.05) is 30.3 Å². The minimum absolute atomic E-state index is 0.182. The van der Waals surface area contributed by atoms with Crippen LogP contribution in [0.4, 0.5) is 4.39 Å². The van der Waals surface area contributed by atoms with Crippen LogP contribution in [0.15, 0.2) is 48.8 Å². The number of amides is 1. The summed E-state index contributed by atoms with van der Waals surface area (Å²) in [6.07, 6.45) is 5.57. The van der Waals surface area contributed by atoms with Crippen LogP contribution in [0.5, 0.6) is 0 Å². The Morgan fingerprint density at radius 3 is 2.52 bits per heavy atom. The van der Waals surface area contributed by atoms with Crippen molar-refractivity contribution >= 4 is 5.91 Å². The Bertz CT molecular complexity index is 682. The molecule has 1 aliphatic carbocycles. The van der Waals surface area contributed by atoms with Crippen LogP contribution in [0.25, 0.3) is 0 Å². The van der Waals surface area contributed by atoms with E-state index < -0.39 is 5.41 Å². The summed E-state index contributed by atoms with van der Waals surface area (Å²) in [5.41, 5.74) is 2.87. The highest BCUT2D eigenvalue weighted by Gasteiger charge is 2.43. The van der Waals surface area contributed by atoms with Crippen LogP contribution in [0.1, 0.15) is 42.7 Å². The van der Waals surface area contributed by atoms with Gasteiger partial charge in [0.1, 0.15) is 5.82 Å². The van der Waals surface area contributed by atoms with Crippen molar-refractivity contribution in [2.24, 2.45) is 0 Å². The number of carbonyl (C=O) groups is 1. The maximum atomic E-state index is 13.4. The number of carbonyl (C=O) groups excluding carboxylic acids is 1. The third-order valence-electron chi connectivity index (χ3n) is 4.90. The zero-order valence-electron chi connectivity index (χ0n) is 12.7. The van der Waals surface area contributed by atoms with Crippen molar-refractivity contribution in [3.05, 3.63) is 65.7 Å². The van der Waals surface area contributed by atoms with E-state index in [1.807, 2.05) is 35.8 Å². The molecule has 5 heteroatoms. The third-order valence-corrected chi connectivity index (χ3v) is 4.90. The number of benzene rings is 1. The second kappa shape index (κ2) is 6.46. The Morgan fingerprint density at radius 1 is 1.22 bits per heavy atom. The van der Waals surface area contributed by atoms with Crippen molar-refractivity contribution in [2.45, 2.75) is 37.0 Å². The summed E-state index contributed by atoms with van der Waals surface area (Å²) in [6.45, 7) is 0. The Morgan fingerprint density at radius 2 is 1.91 bits per heavy atom. The number of nitrogens with zero attached hydrogens (tertiary/aromatic N) is 1. The lowest BCUT2D eigenvalue weighted by Gasteiger charge is -2.38. The van der Waals surface area contributed by atoms with Crippen molar-refractivity contribution in [3.63, 3.8) is 0 Å². The van der Waals surface area contributed by atoms with E-state index in [1.54, 1.807) is 6.20 Å². The first-order valence-corrected chi connectivity index (χ1v) is 7.76. The molecular formula is C18H19FN2O2. The Balaban J connectivity index is 1.85. The molecule has 1 fully saturated rings. The van der Waals surface area contributed by atoms with Gasteiger partial charge in [-0.25, -0.2) is 9.87 Å². The monoisotopic (exact) mass is 314 g/mol. The van der Waals surface area contributed by atoms with Crippen molar-refractivity contribution < 1.29 is 14.4 Å². The van der Waals surface area contributed by atoms with E-state index in [1.165, 1.54) is 12.3 Å². The van der Waals surface area contributed by atoms with E-state index >= 15 is 0 Å². The quantitative estimate of drug-likeness (QED) is 0.675. The normalized spacial score (nSPS) is 24.2. The van der Waals surface area contributed by atoms with Crippen LogP contribution < -0.4 is 5.48 Å². The van der Waals surface area contributed by atoms with Crippen LogP contribution in [0.3, 0.4) is 0 Å². The first-order chi connectivity index (χ1) is 11.2. The van der Waals surface area contributed by atoms with E-state index in [-0.39, 0.29) is 17.6 Å². The molecule has 0 aliphatic heterocycles. The van der Waals surface area contributed by atoms with Crippen molar-refractivity contribution in [1.29, 1.82) is 0 Å². The fourth-order valence-corrected chi connectivity index (χ4v) is 3.61. The van der Waals surface area contributed by atoms with Gasteiger partial charge < -0.3 is 0 Å². The van der Waals surface area contributed by atoms with Gasteiger partial charge in [0.2, 0.25) is 0 Å². The van der Waals surface area contributed by atoms with Gasteiger partial charge >= 0.3 is 0 Å². The van der Waals surface area contributed by atoms with Gasteiger partial charge in [-0.3, -0.25) is 15.0 Å². The highest BCUT2D eigenvalue weighted by Crippen LogP contribution is 2.45. The lowest BCUT2D eigenvalue weighted by atomic mass is 9.65. The van der Waals surface area contributed by atoms with Crippen LogP contribution in [-0.4, -0.2) is 16.1 Å². The van der Waals surface area contributed by atoms with Crippen LogP contribution in [0, 0.1) is 5.82 Å². The SMILES string of the molecule is O=C(NO)C1(c2ccccc2)CCC(c2cncc(F)c2)CC1. The zero-order chi connectivity index (χ0) is 16.3. The molecule has 0 saturated heterocycles. The Hall–Kier alpha value is -2.27. The standard InChI is InChI=1S/C18H19FN2O2/c19-16-10-14(11-20-12-16)13-6-8-18(9-7-13,17(22)21-23)15-4-2-1-3-5-15/h1-5,10-13,23H,6-9H2,(H,21,22).